The first-order valence-electron chi connectivity index (χ1n) is 8.71. The van der Waals surface area contributed by atoms with Crippen molar-refractivity contribution >= 4 is 16.8 Å². The number of benzene rings is 1. The summed E-state index contributed by atoms with van der Waals surface area (Å²) in [5, 5.41) is 7.27. The summed E-state index contributed by atoms with van der Waals surface area (Å²) in [5.41, 5.74) is 0.478. The molecule has 4 rings (SSSR count). The summed E-state index contributed by atoms with van der Waals surface area (Å²) in [5.74, 6) is 0.377. The number of carbonyl (C=O) groups is 1. The third-order valence-corrected chi connectivity index (χ3v) is 4.70. The Kier molecular flexibility index (Phi) is 4.24. The standard InChI is InChI=1S/C18H19N5O3/c1-11-19-14-9-5-4-8-13(14)18(25)23(11)10-15-21-17(26-22-15)16(24)20-12-6-2-3-7-12/h4-5,8-9,12H,2-3,6-7,10H2,1H3,(H,20,24). The molecule has 0 radical (unpaired) electrons. The van der Waals surface area contributed by atoms with Gasteiger partial charge in [0.25, 0.3) is 5.56 Å². The number of hydrogen-bond acceptors (Lipinski definition) is 6. The highest BCUT2D eigenvalue weighted by molar-refractivity contribution is 5.89. The summed E-state index contributed by atoms with van der Waals surface area (Å²) in [6.07, 6.45) is 4.20. The fourth-order valence-corrected chi connectivity index (χ4v) is 3.33. The molecule has 0 spiro atoms. The predicted molar refractivity (Wildman–Crippen MR) is 93.9 cm³/mol. The molecule has 8 nitrogen and oxygen atoms in total. The molecule has 2 heterocycles. The van der Waals surface area contributed by atoms with Crippen molar-refractivity contribution in [2.75, 3.05) is 0 Å². The van der Waals surface area contributed by atoms with Gasteiger partial charge in [0.2, 0.25) is 0 Å². The normalized spacial score (nSPS) is 14.8. The van der Waals surface area contributed by atoms with E-state index < -0.39 is 0 Å². The zero-order valence-electron chi connectivity index (χ0n) is 14.4. The highest BCUT2D eigenvalue weighted by Crippen LogP contribution is 2.18. The maximum atomic E-state index is 12.7. The van der Waals surface area contributed by atoms with Gasteiger partial charge in [-0.3, -0.25) is 14.2 Å². The lowest BCUT2D eigenvalue weighted by atomic mass is 10.2. The van der Waals surface area contributed by atoms with Crippen molar-refractivity contribution in [3.8, 4) is 0 Å². The van der Waals surface area contributed by atoms with E-state index in [9.17, 15) is 9.59 Å². The molecule has 1 aliphatic rings. The van der Waals surface area contributed by atoms with Crippen LogP contribution in [-0.2, 0) is 6.54 Å². The maximum absolute atomic E-state index is 12.7. The largest absolute Gasteiger partial charge is 0.345 e. The third-order valence-electron chi connectivity index (χ3n) is 4.70. The number of aryl methyl sites for hydroxylation is 1. The Morgan fingerprint density at radius 2 is 2.04 bits per heavy atom. The van der Waals surface area contributed by atoms with Gasteiger partial charge in [-0.25, -0.2) is 4.98 Å². The molecule has 1 aromatic carbocycles. The second kappa shape index (κ2) is 6.70. The highest BCUT2D eigenvalue weighted by atomic mass is 16.5. The van der Waals surface area contributed by atoms with Gasteiger partial charge in [0.1, 0.15) is 5.82 Å². The topological polar surface area (TPSA) is 103 Å². The molecule has 0 bridgehead atoms. The molecule has 0 atom stereocenters. The second-order valence-electron chi connectivity index (χ2n) is 6.54. The number of hydrogen-bond donors (Lipinski definition) is 1. The van der Waals surface area contributed by atoms with Gasteiger partial charge >= 0.3 is 11.8 Å². The maximum Gasteiger partial charge on any atom is 0.316 e. The Bertz CT molecular complexity index is 1020. The van der Waals surface area contributed by atoms with E-state index >= 15 is 0 Å². The quantitative estimate of drug-likeness (QED) is 0.767. The zero-order valence-corrected chi connectivity index (χ0v) is 14.4. The van der Waals surface area contributed by atoms with Crippen LogP contribution in [0.15, 0.2) is 33.6 Å². The van der Waals surface area contributed by atoms with Crippen LogP contribution in [0.1, 0.15) is 48.0 Å². The predicted octanol–water partition coefficient (Wildman–Crippen LogP) is 1.81. The number of nitrogens with zero attached hydrogens (tertiary/aromatic N) is 4. The fraction of sp³-hybridized carbons (Fsp3) is 0.389. The molecule has 1 fully saturated rings. The van der Waals surface area contributed by atoms with Crippen LogP contribution in [-0.4, -0.2) is 31.6 Å². The molecule has 0 unspecified atom stereocenters. The lowest BCUT2D eigenvalue weighted by molar-refractivity contribution is 0.0893. The summed E-state index contributed by atoms with van der Waals surface area (Å²) in [4.78, 5) is 33.4. The Hall–Kier alpha value is -3.03. The molecule has 1 saturated carbocycles. The van der Waals surface area contributed by atoms with Crippen LogP contribution in [0.2, 0.25) is 0 Å². The van der Waals surface area contributed by atoms with Gasteiger partial charge in [-0.05, 0) is 31.9 Å². The van der Waals surface area contributed by atoms with Crippen molar-refractivity contribution in [1.82, 2.24) is 25.0 Å². The lowest BCUT2D eigenvalue weighted by Gasteiger charge is -2.09. The molecule has 8 heteroatoms. The molecule has 26 heavy (non-hydrogen) atoms. The van der Waals surface area contributed by atoms with Crippen LogP contribution in [0.25, 0.3) is 10.9 Å². The Morgan fingerprint density at radius 1 is 1.27 bits per heavy atom. The number of carbonyl (C=O) groups excluding carboxylic acids is 1. The lowest BCUT2D eigenvalue weighted by Crippen LogP contribution is -2.32. The number of nitrogens with one attached hydrogen (secondary N) is 1. The first kappa shape index (κ1) is 16.4. The Balaban J connectivity index is 1.56. The molecule has 3 aromatic rings. The van der Waals surface area contributed by atoms with Crippen molar-refractivity contribution in [2.24, 2.45) is 0 Å². The first-order valence-corrected chi connectivity index (χ1v) is 8.71. The average Bonchev–Trinajstić information content (AvgIpc) is 3.30. The van der Waals surface area contributed by atoms with Crippen LogP contribution < -0.4 is 10.9 Å². The van der Waals surface area contributed by atoms with Crippen molar-refractivity contribution in [2.45, 2.75) is 45.2 Å². The van der Waals surface area contributed by atoms with Gasteiger partial charge in [0.05, 0.1) is 17.4 Å². The summed E-state index contributed by atoms with van der Waals surface area (Å²) in [6.45, 7) is 1.85. The summed E-state index contributed by atoms with van der Waals surface area (Å²) >= 11 is 0. The minimum atomic E-state index is -0.364. The van der Waals surface area contributed by atoms with Crippen LogP contribution in [0.3, 0.4) is 0 Å². The van der Waals surface area contributed by atoms with E-state index in [1.54, 1.807) is 25.1 Å². The molecule has 134 valence electrons. The van der Waals surface area contributed by atoms with E-state index in [0.29, 0.717) is 16.7 Å². The molecule has 0 aliphatic heterocycles. The van der Waals surface area contributed by atoms with Crippen LogP contribution in [0, 0.1) is 6.92 Å². The minimum Gasteiger partial charge on any atom is -0.345 e. The van der Waals surface area contributed by atoms with Gasteiger partial charge in [-0.15, -0.1) is 0 Å². The van der Waals surface area contributed by atoms with Gasteiger partial charge in [0, 0.05) is 6.04 Å². The molecule has 1 N–H and O–H groups in total. The number of fused-ring (bicyclic) bond motifs is 1. The van der Waals surface area contributed by atoms with Gasteiger partial charge in [-0.2, -0.15) is 4.98 Å². The van der Waals surface area contributed by atoms with Gasteiger partial charge in [0.15, 0.2) is 5.82 Å². The first-order chi connectivity index (χ1) is 12.6. The van der Waals surface area contributed by atoms with Crippen LogP contribution in [0.4, 0.5) is 0 Å². The van der Waals surface area contributed by atoms with Crippen LogP contribution in [0.5, 0.6) is 0 Å². The molecule has 1 aliphatic carbocycles. The van der Waals surface area contributed by atoms with E-state index in [1.165, 1.54) is 4.57 Å². The summed E-state index contributed by atoms with van der Waals surface area (Å²) in [6, 6.07) is 7.34. The smallest absolute Gasteiger partial charge is 0.316 e. The third kappa shape index (κ3) is 3.10. The number of aromatic nitrogens is 4. The van der Waals surface area contributed by atoms with E-state index in [2.05, 4.69) is 20.4 Å². The van der Waals surface area contributed by atoms with E-state index in [1.807, 2.05) is 6.07 Å². The highest BCUT2D eigenvalue weighted by Gasteiger charge is 2.22. The molecular formula is C18H19N5O3. The summed E-state index contributed by atoms with van der Waals surface area (Å²) in [7, 11) is 0. The van der Waals surface area contributed by atoms with E-state index in [0.717, 1.165) is 25.7 Å². The van der Waals surface area contributed by atoms with Crippen molar-refractivity contribution in [3.63, 3.8) is 0 Å². The molecule has 0 saturated heterocycles. The van der Waals surface area contributed by atoms with E-state index in [4.69, 9.17) is 4.52 Å². The van der Waals surface area contributed by atoms with Crippen molar-refractivity contribution in [1.29, 1.82) is 0 Å². The van der Waals surface area contributed by atoms with Crippen molar-refractivity contribution < 1.29 is 9.32 Å². The van der Waals surface area contributed by atoms with Gasteiger partial charge in [-0.1, -0.05) is 30.1 Å². The SMILES string of the molecule is Cc1nc2ccccc2c(=O)n1Cc1noc(C(=O)NC2CCCC2)n1. The summed E-state index contributed by atoms with van der Waals surface area (Å²) < 4.78 is 6.55. The number of amides is 1. The minimum absolute atomic E-state index is 0.0775. The average molecular weight is 353 g/mol. The van der Waals surface area contributed by atoms with Gasteiger partial charge < -0.3 is 9.84 Å². The monoisotopic (exact) mass is 353 g/mol. The second-order valence-corrected chi connectivity index (χ2v) is 6.54. The van der Waals surface area contributed by atoms with E-state index in [-0.39, 0.29) is 35.8 Å². The zero-order chi connectivity index (χ0) is 18.1. The Morgan fingerprint density at radius 3 is 2.85 bits per heavy atom. The fourth-order valence-electron chi connectivity index (χ4n) is 3.33. The Labute approximate surface area is 149 Å². The van der Waals surface area contributed by atoms with Crippen molar-refractivity contribution in [3.05, 3.63) is 52.2 Å². The number of para-hydroxylation sites is 1. The van der Waals surface area contributed by atoms with Crippen LogP contribution >= 0.6 is 0 Å². The number of rotatable bonds is 4. The molecular weight excluding hydrogens is 334 g/mol. The molecule has 1 amide bonds. The molecule has 2 aromatic heterocycles.